The molecule has 1 rings (SSSR count). The van der Waals surface area contributed by atoms with Gasteiger partial charge in [-0.3, -0.25) is 4.79 Å². The molecule has 0 fully saturated rings. The van der Waals surface area contributed by atoms with Crippen LogP contribution >= 0.6 is 11.3 Å². The van der Waals surface area contributed by atoms with Crippen molar-refractivity contribution < 1.29 is 4.79 Å². The second-order valence-electron chi connectivity index (χ2n) is 4.06. The highest BCUT2D eigenvalue weighted by Crippen LogP contribution is 2.31. The Morgan fingerprint density at radius 3 is 2.44 bits per heavy atom. The standard InChI is InChI=1S/C12H20N2OS/c1-5-14(6-2)12(15)10-9(8(3)4)7-16-11(10)13/h7-8H,5-6,13H2,1-4H3. The van der Waals surface area contributed by atoms with Crippen LogP contribution in [-0.4, -0.2) is 23.9 Å². The second kappa shape index (κ2) is 5.34. The molecule has 0 aromatic carbocycles. The number of carbonyl (C=O) groups is 1. The molecule has 0 unspecified atom stereocenters. The number of carbonyl (C=O) groups excluding carboxylic acids is 1. The highest BCUT2D eigenvalue weighted by atomic mass is 32.1. The molecule has 1 heterocycles. The quantitative estimate of drug-likeness (QED) is 0.879. The number of hydrogen-bond acceptors (Lipinski definition) is 3. The molecule has 1 amide bonds. The van der Waals surface area contributed by atoms with Crippen molar-refractivity contribution in [3.05, 3.63) is 16.5 Å². The van der Waals surface area contributed by atoms with Crippen molar-refractivity contribution in [3.8, 4) is 0 Å². The van der Waals surface area contributed by atoms with E-state index >= 15 is 0 Å². The summed E-state index contributed by atoms with van der Waals surface area (Å²) in [4.78, 5) is 14.1. The largest absolute Gasteiger partial charge is 0.390 e. The highest BCUT2D eigenvalue weighted by molar-refractivity contribution is 7.14. The predicted molar refractivity (Wildman–Crippen MR) is 70.1 cm³/mol. The molecule has 2 N–H and O–H groups in total. The normalized spacial score (nSPS) is 10.8. The molecule has 1 aromatic rings. The van der Waals surface area contributed by atoms with E-state index in [0.717, 1.165) is 18.7 Å². The Hall–Kier alpha value is -1.03. The lowest BCUT2D eigenvalue weighted by atomic mass is 10.0. The zero-order valence-electron chi connectivity index (χ0n) is 10.4. The van der Waals surface area contributed by atoms with Crippen molar-refractivity contribution in [2.75, 3.05) is 18.8 Å². The molecule has 0 aliphatic rings. The molecule has 0 aliphatic heterocycles. The number of amides is 1. The molecule has 0 saturated carbocycles. The van der Waals surface area contributed by atoms with Gasteiger partial charge in [0.15, 0.2) is 0 Å². The lowest BCUT2D eigenvalue weighted by Crippen LogP contribution is -2.31. The molecule has 0 radical (unpaired) electrons. The van der Waals surface area contributed by atoms with Crippen molar-refractivity contribution in [1.82, 2.24) is 4.90 Å². The third-order valence-corrected chi connectivity index (χ3v) is 3.56. The fourth-order valence-corrected chi connectivity index (χ4v) is 2.68. The summed E-state index contributed by atoms with van der Waals surface area (Å²) in [6.45, 7) is 9.59. The van der Waals surface area contributed by atoms with Crippen LogP contribution in [-0.2, 0) is 0 Å². The number of nitrogens with two attached hydrogens (primary N) is 1. The van der Waals surface area contributed by atoms with Gasteiger partial charge in [-0.1, -0.05) is 13.8 Å². The van der Waals surface area contributed by atoms with E-state index in [1.165, 1.54) is 11.3 Å². The van der Waals surface area contributed by atoms with E-state index in [1.54, 1.807) is 0 Å². The summed E-state index contributed by atoms with van der Waals surface area (Å²) in [7, 11) is 0. The highest BCUT2D eigenvalue weighted by Gasteiger charge is 2.22. The summed E-state index contributed by atoms with van der Waals surface area (Å²) >= 11 is 1.46. The summed E-state index contributed by atoms with van der Waals surface area (Å²) in [6.07, 6.45) is 0. The minimum absolute atomic E-state index is 0.0625. The lowest BCUT2D eigenvalue weighted by Gasteiger charge is -2.20. The van der Waals surface area contributed by atoms with Crippen molar-refractivity contribution in [1.29, 1.82) is 0 Å². The molecule has 0 aliphatic carbocycles. The molecule has 0 bridgehead atoms. The van der Waals surface area contributed by atoms with Crippen LogP contribution in [0.4, 0.5) is 5.00 Å². The molecule has 0 saturated heterocycles. The summed E-state index contributed by atoms with van der Waals surface area (Å²) < 4.78 is 0. The first kappa shape index (κ1) is 13.0. The average Bonchev–Trinajstić information content (AvgIpc) is 2.61. The van der Waals surface area contributed by atoms with Crippen molar-refractivity contribution >= 4 is 22.2 Å². The summed E-state index contributed by atoms with van der Waals surface area (Å²) in [5.41, 5.74) is 7.68. The molecular formula is C12H20N2OS. The van der Waals surface area contributed by atoms with E-state index < -0.39 is 0 Å². The van der Waals surface area contributed by atoms with Gasteiger partial charge in [-0.25, -0.2) is 0 Å². The van der Waals surface area contributed by atoms with Crippen LogP contribution in [0.1, 0.15) is 49.5 Å². The van der Waals surface area contributed by atoms with Crippen LogP contribution in [0, 0.1) is 0 Å². The number of thiophene rings is 1. The molecule has 16 heavy (non-hydrogen) atoms. The van der Waals surface area contributed by atoms with Gasteiger partial charge in [0.05, 0.1) is 10.6 Å². The molecule has 90 valence electrons. The molecule has 0 atom stereocenters. The van der Waals surface area contributed by atoms with E-state index in [9.17, 15) is 4.79 Å². The van der Waals surface area contributed by atoms with E-state index in [2.05, 4.69) is 13.8 Å². The molecule has 0 spiro atoms. The van der Waals surface area contributed by atoms with Gasteiger partial charge in [0.2, 0.25) is 0 Å². The first-order valence-electron chi connectivity index (χ1n) is 5.68. The van der Waals surface area contributed by atoms with Gasteiger partial charge in [0.1, 0.15) is 0 Å². The van der Waals surface area contributed by atoms with Gasteiger partial charge in [0.25, 0.3) is 5.91 Å². The lowest BCUT2D eigenvalue weighted by molar-refractivity contribution is 0.0773. The van der Waals surface area contributed by atoms with E-state index in [-0.39, 0.29) is 5.91 Å². The second-order valence-corrected chi connectivity index (χ2v) is 4.97. The zero-order chi connectivity index (χ0) is 12.3. The fraction of sp³-hybridized carbons (Fsp3) is 0.583. The SMILES string of the molecule is CCN(CC)C(=O)c1c(C(C)C)csc1N. The van der Waals surface area contributed by atoms with E-state index in [1.807, 2.05) is 24.1 Å². The van der Waals surface area contributed by atoms with Crippen LogP contribution in [0.15, 0.2) is 5.38 Å². The first-order valence-corrected chi connectivity index (χ1v) is 6.56. The van der Waals surface area contributed by atoms with Crippen LogP contribution in [0.2, 0.25) is 0 Å². The van der Waals surface area contributed by atoms with Crippen molar-refractivity contribution in [2.24, 2.45) is 0 Å². The predicted octanol–water partition coefficient (Wildman–Crippen LogP) is 2.94. The molecule has 4 heteroatoms. The van der Waals surface area contributed by atoms with Gasteiger partial charge < -0.3 is 10.6 Å². The third-order valence-electron chi connectivity index (χ3n) is 2.73. The Bertz CT molecular complexity index is 367. The van der Waals surface area contributed by atoms with Crippen molar-refractivity contribution in [3.63, 3.8) is 0 Å². The van der Waals surface area contributed by atoms with Crippen LogP contribution in [0.3, 0.4) is 0 Å². The van der Waals surface area contributed by atoms with Gasteiger partial charge in [-0.2, -0.15) is 0 Å². The average molecular weight is 240 g/mol. The Morgan fingerprint density at radius 1 is 1.44 bits per heavy atom. The monoisotopic (exact) mass is 240 g/mol. The summed E-state index contributed by atoms with van der Waals surface area (Å²) in [5, 5.41) is 2.64. The number of nitrogens with zero attached hydrogens (tertiary/aromatic N) is 1. The maximum Gasteiger partial charge on any atom is 0.257 e. The molecular weight excluding hydrogens is 220 g/mol. The third kappa shape index (κ3) is 2.38. The smallest absolute Gasteiger partial charge is 0.257 e. The topological polar surface area (TPSA) is 46.3 Å². The molecule has 3 nitrogen and oxygen atoms in total. The zero-order valence-corrected chi connectivity index (χ0v) is 11.2. The number of rotatable bonds is 4. The van der Waals surface area contributed by atoms with Gasteiger partial charge in [0, 0.05) is 13.1 Å². The Morgan fingerprint density at radius 2 is 2.00 bits per heavy atom. The van der Waals surface area contributed by atoms with Crippen LogP contribution < -0.4 is 5.73 Å². The van der Waals surface area contributed by atoms with Gasteiger partial charge >= 0.3 is 0 Å². The fourth-order valence-electron chi connectivity index (χ4n) is 1.71. The Labute approximate surface area is 101 Å². The van der Waals surface area contributed by atoms with Gasteiger partial charge in [-0.15, -0.1) is 11.3 Å². The number of nitrogen functional groups attached to an aromatic ring is 1. The van der Waals surface area contributed by atoms with Gasteiger partial charge in [-0.05, 0) is 30.7 Å². The maximum absolute atomic E-state index is 12.3. The summed E-state index contributed by atoms with van der Waals surface area (Å²) in [5.74, 6) is 0.399. The van der Waals surface area contributed by atoms with E-state index in [0.29, 0.717) is 16.5 Å². The van der Waals surface area contributed by atoms with Crippen molar-refractivity contribution in [2.45, 2.75) is 33.6 Å². The minimum atomic E-state index is 0.0625. The Balaban J connectivity index is 3.11. The maximum atomic E-state index is 12.3. The number of anilines is 1. The molecule has 1 aromatic heterocycles. The summed E-state index contributed by atoms with van der Waals surface area (Å²) in [6, 6.07) is 0. The Kier molecular flexibility index (Phi) is 4.35. The van der Waals surface area contributed by atoms with Crippen LogP contribution in [0.5, 0.6) is 0 Å². The number of hydrogen-bond donors (Lipinski definition) is 1. The first-order chi connectivity index (χ1) is 7.52. The van der Waals surface area contributed by atoms with E-state index in [4.69, 9.17) is 5.73 Å². The minimum Gasteiger partial charge on any atom is -0.390 e. The van der Waals surface area contributed by atoms with Crippen LogP contribution in [0.25, 0.3) is 0 Å².